The smallest absolute Gasteiger partial charge is 0.282 e. The first-order chi connectivity index (χ1) is 14.7. The Balaban J connectivity index is 2.08. The average Bonchev–Trinajstić information content (AvgIpc) is 2.75. The van der Waals surface area contributed by atoms with Crippen molar-refractivity contribution in [2.45, 2.75) is 52.6 Å². The van der Waals surface area contributed by atoms with Gasteiger partial charge in [-0.1, -0.05) is 36.7 Å². The summed E-state index contributed by atoms with van der Waals surface area (Å²) >= 11 is 8.01. The van der Waals surface area contributed by atoms with Gasteiger partial charge in [0, 0.05) is 10.4 Å². The van der Waals surface area contributed by atoms with Gasteiger partial charge in [-0.05, 0) is 101 Å². The molecule has 0 amide bonds. The summed E-state index contributed by atoms with van der Waals surface area (Å²) in [5, 5.41) is 5.11. The van der Waals surface area contributed by atoms with Crippen molar-refractivity contribution in [1.82, 2.24) is 9.66 Å². The zero-order chi connectivity index (χ0) is 22.7. The third kappa shape index (κ3) is 5.68. The molecular weight excluding hydrogens is 684 g/mol. The molecule has 0 unspecified atom stereocenters. The SMILES string of the molecule is CC[C@H](C)Oc1c(I)cc(C=Nn2c([C@@H](C)CC)nc3ccc(Br)cc3c2=O)cc1I. The van der Waals surface area contributed by atoms with Crippen LogP contribution in [0.2, 0.25) is 0 Å². The quantitative estimate of drug-likeness (QED) is 0.198. The summed E-state index contributed by atoms with van der Waals surface area (Å²) in [7, 11) is 0. The Kier molecular flexibility index (Phi) is 8.53. The Morgan fingerprint density at radius 3 is 2.45 bits per heavy atom. The second-order valence-electron chi connectivity index (χ2n) is 7.45. The van der Waals surface area contributed by atoms with Crippen LogP contribution in [-0.4, -0.2) is 22.0 Å². The third-order valence-corrected chi connectivity index (χ3v) is 7.22. The molecule has 0 saturated carbocycles. The average molecular weight is 708 g/mol. The summed E-state index contributed by atoms with van der Waals surface area (Å²) < 4.78 is 10.4. The molecule has 0 aliphatic rings. The molecule has 0 radical (unpaired) electrons. The van der Waals surface area contributed by atoms with Gasteiger partial charge in [0.25, 0.3) is 5.56 Å². The standard InChI is InChI=1S/C23H24BrI2N3O2/c1-5-13(3)22-28-20-8-7-16(24)11-17(20)23(30)29(22)27-12-15-9-18(25)21(19(26)10-15)31-14(4)6-2/h7-14H,5-6H2,1-4H3/t13-,14-/m0/s1. The van der Waals surface area contributed by atoms with Gasteiger partial charge in [0.05, 0.1) is 30.4 Å². The molecule has 0 aliphatic heterocycles. The molecule has 0 spiro atoms. The molecular formula is C23H24BrI2N3O2. The van der Waals surface area contributed by atoms with Crippen molar-refractivity contribution in [3.8, 4) is 5.75 Å². The van der Waals surface area contributed by atoms with Crippen molar-refractivity contribution < 1.29 is 4.74 Å². The van der Waals surface area contributed by atoms with E-state index >= 15 is 0 Å². The van der Waals surface area contributed by atoms with Crippen LogP contribution >= 0.6 is 61.1 Å². The van der Waals surface area contributed by atoms with Gasteiger partial charge in [0.15, 0.2) is 0 Å². The maximum absolute atomic E-state index is 13.3. The van der Waals surface area contributed by atoms with E-state index in [-0.39, 0.29) is 17.6 Å². The zero-order valence-electron chi connectivity index (χ0n) is 17.8. The molecule has 31 heavy (non-hydrogen) atoms. The van der Waals surface area contributed by atoms with E-state index in [1.165, 1.54) is 4.68 Å². The van der Waals surface area contributed by atoms with Crippen molar-refractivity contribution in [1.29, 1.82) is 0 Å². The van der Waals surface area contributed by atoms with E-state index in [1.54, 1.807) is 12.3 Å². The summed E-state index contributed by atoms with van der Waals surface area (Å²) in [5.74, 6) is 1.66. The molecule has 0 bridgehead atoms. The van der Waals surface area contributed by atoms with Crippen LogP contribution in [0.5, 0.6) is 5.75 Å². The van der Waals surface area contributed by atoms with Crippen LogP contribution in [-0.2, 0) is 0 Å². The predicted molar refractivity (Wildman–Crippen MR) is 148 cm³/mol. The second kappa shape index (κ2) is 10.7. The van der Waals surface area contributed by atoms with Crippen molar-refractivity contribution >= 4 is 78.2 Å². The van der Waals surface area contributed by atoms with Gasteiger partial charge in [-0.15, -0.1) is 0 Å². The Morgan fingerprint density at radius 2 is 1.84 bits per heavy atom. The van der Waals surface area contributed by atoms with Gasteiger partial charge < -0.3 is 4.74 Å². The summed E-state index contributed by atoms with van der Waals surface area (Å²) in [6, 6.07) is 9.59. The molecule has 5 nitrogen and oxygen atoms in total. The van der Waals surface area contributed by atoms with Gasteiger partial charge in [0.2, 0.25) is 0 Å². The van der Waals surface area contributed by atoms with Crippen LogP contribution in [0, 0.1) is 7.14 Å². The van der Waals surface area contributed by atoms with E-state index in [0.717, 1.165) is 35.8 Å². The van der Waals surface area contributed by atoms with Gasteiger partial charge in [-0.3, -0.25) is 4.79 Å². The largest absolute Gasteiger partial charge is 0.489 e. The summed E-state index contributed by atoms with van der Waals surface area (Å²) in [4.78, 5) is 18.0. The van der Waals surface area contributed by atoms with Crippen molar-refractivity contribution in [3.63, 3.8) is 0 Å². The molecule has 3 rings (SSSR count). The Labute approximate surface area is 218 Å². The highest BCUT2D eigenvalue weighted by Gasteiger charge is 2.16. The van der Waals surface area contributed by atoms with E-state index in [0.29, 0.717) is 16.7 Å². The number of benzene rings is 2. The van der Waals surface area contributed by atoms with E-state index in [9.17, 15) is 4.79 Å². The van der Waals surface area contributed by atoms with Crippen LogP contribution in [0.15, 0.2) is 44.7 Å². The lowest BCUT2D eigenvalue weighted by Crippen LogP contribution is -2.23. The molecule has 2 atom stereocenters. The first kappa shape index (κ1) is 24.6. The fourth-order valence-corrected chi connectivity index (χ4v) is 5.39. The topological polar surface area (TPSA) is 56.5 Å². The number of rotatable bonds is 7. The van der Waals surface area contributed by atoms with Gasteiger partial charge in [-0.2, -0.15) is 9.78 Å². The van der Waals surface area contributed by atoms with Crippen molar-refractivity contribution in [2.24, 2.45) is 5.10 Å². The maximum Gasteiger partial charge on any atom is 0.282 e. The van der Waals surface area contributed by atoms with Crippen LogP contribution in [0.4, 0.5) is 0 Å². The minimum absolute atomic E-state index is 0.101. The molecule has 164 valence electrons. The first-order valence-electron chi connectivity index (χ1n) is 10.2. The molecule has 1 heterocycles. The molecule has 0 fully saturated rings. The lowest BCUT2D eigenvalue weighted by molar-refractivity contribution is 0.214. The van der Waals surface area contributed by atoms with Gasteiger partial charge >= 0.3 is 0 Å². The van der Waals surface area contributed by atoms with E-state index in [4.69, 9.17) is 9.72 Å². The van der Waals surface area contributed by atoms with E-state index in [1.807, 2.05) is 24.3 Å². The number of ether oxygens (including phenoxy) is 1. The molecule has 1 aromatic heterocycles. The number of halogens is 3. The number of hydrogen-bond donors (Lipinski definition) is 0. The predicted octanol–water partition coefficient (Wildman–Crippen LogP) is 6.94. The molecule has 2 aromatic carbocycles. The number of aromatic nitrogens is 2. The monoisotopic (exact) mass is 707 g/mol. The first-order valence-corrected chi connectivity index (χ1v) is 13.1. The molecule has 0 aliphatic carbocycles. The minimum atomic E-state index is -0.168. The highest BCUT2D eigenvalue weighted by molar-refractivity contribution is 14.1. The fraction of sp³-hybridized carbons (Fsp3) is 0.348. The van der Waals surface area contributed by atoms with E-state index < -0.39 is 0 Å². The minimum Gasteiger partial charge on any atom is -0.489 e. The summed E-state index contributed by atoms with van der Waals surface area (Å²) in [6.07, 6.45) is 3.68. The van der Waals surface area contributed by atoms with E-state index in [2.05, 4.69) is 93.9 Å². The highest BCUT2D eigenvalue weighted by atomic mass is 127. The second-order valence-corrected chi connectivity index (χ2v) is 10.7. The zero-order valence-corrected chi connectivity index (χ0v) is 23.7. The lowest BCUT2D eigenvalue weighted by Gasteiger charge is -2.16. The van der Waals surface area contributed by atoms with Gasteiger partial charge in [0.1, 0.15) is 11.6 Å². The number of hydrogen-bond acceptors (Lipinski definition) is 4. The third-order valence-electron chi connectivity index (χ3n) is 5.12. The van der Waals surface area contributed by atoms with Crippen molar-refractivity contribution in [3.05, 3.63) is 63.7 Å². The van der Waals surface area contributed by atoms with Crippen LogP contribution in [0.3, 0.4) is 0 Å². The summed E-state index contributed by atoms with van der Waals surface area (Å²) in [5.41, 5.74) is 1.42. The molecule has 0 saturated heterocycles. The number of fused-ring (bicyclic) bond motifs is 1. The molecule has 8 heteroatoms. The number of nitrogens with zero attached hydrogens (tertiary/aromatic N) is 3. The normalized spacial score (nSPS) is 13.6. The molecule has 3 aromatic rings. The molecule has 0 N–H and O–H groups in total. The lowest BCUT2D eigenvalue weighted by atomic mass is 10.1. The van der Waals surface area contributed by atoms with Crippen LogP contribution < -0.4 is 10.3 Å². The van der Waals surface area contributed by atoms with Gasteiger partial charge in [-0.25, -0.2) is 4.98 Å². The van der Waals surface area contributed by atoms with Crippen LogP contribution in [0.1, 0.15) is 57.8 Å². The Hall–Kier alpha value is -1.01. The Morgan fingerprint density at radius 1 is 1.16 bits per heavy atom. The maximum atomic E-state index is 13.3. The Bertz CT molecular complexity index is 1170. The van der Waals surface area contributed by atoms with Crippen molar-refractivity contribution in [2.75, 3.05) is 0 Å². The fourth-order valence-electron chi connectivity index (χ4n) is 2.95. The summed E-state index contributed by atoms with van der Waals surface area (Å²) in [6.45, 7) is 8.31. The highest BCUT2D eigenvalue weighted by Crippen LogP contribution is 2.30. The van der Waals surface area contributed by atoms with Crippen LogP contribution in [0.25, 0.3) is 10.9 Å².